The van der Waals surface area contributed by atoms with Gasteiger partial charge in [-0.1, -0.05) is 24.4 Å². The molecule has 0 radical (unpaired) electrons. The normalized spacial score (nSPS) is 24.8. The number of hydrogen-bond acceptors (Lipinski definition) is 3. The third-order valence-electron chi connectivity index (χ3n) is 5.14. The van der Waals surface area contributed by atoms with E-state index in [4.69, 9.17) is 16.3 Å². The summed E-state index contributed by atoms with van der Waals surface area (Å²) in [6.45, 7) is 1.48. The van der Waals surface area contributed by atoms with Gasteiger partial charge in [0.1, 0.15) is 5.75 Å². The molecule has 1 saturated heterocycles. The molecule has 23 heavy (non-hydrogen) atoms. The van der Waals surface area contributed by atoms with Gasteiger partial charge in [-0.2, -0.15) is 0 Å². The van der Waals surface area contributed by atoms with Crippen LogP contribution in [-0.2, 0) is 4.79 Å². The van der Waals surface area contributed by atoms with Crippen LogP contribution in [0.3, 0.4) is 0 Å². The van der Waals surface area contributed by atoms with Gasteiger partial charge in [-0.15, -0.1) is 0 Å². The number of hydrogen-bond donors (Lipinski definition) is 1. The zero-order valence-corrected chi connectivity index (χ0v) is 14.4. The standard InChI is InChI=1S/C18H25ClN2O2/c1-23-17-9-8-14(19)11-15(17)20-18(22)12-21-10-4-6-13-5-2-3-7-16(13)21/h8-9,11,13,16H,2-7,10,12H2,1H3,(H,20,22). The molecule has 0 aromatic heterocycles. The molecule has 4 nitrogen and oxygen atoms in total. The molecule has 1 amide bonds. The van der Waals surface area contributed by atoms with Crippen LogP contribution in [0.5, 0.6) is 5.75 Å². The van der Waals surface area contributed by atoms with Crippen LogP contribution in [0, 0.1) is 5.92 Å². The first-order chi connectivity index (χ1) is 11.2. The number of halogens is 1. The van der Waals surface area contributed by atoms with Crippen LogP contribution in [0.4, 0.5) is 5.69 Å². The summed E-state index contributed by atoms with van der Waals surface area (Å²) in [5.41, 5.74) is 0.641. The van der Waals surface area contributed by atoms with Crippen molar-refractivity contribution in [3.05, 3.63) is 23.2 Å². The molecule has 1 N–H and O–H groups in total. The molecule has 1 aliphatic heterocycles. The Hall–Kier alpha value is -1.26. The van der Waals surface area contributed by atoms with Crippen molar-refractivity contribution < 1.29 is 9.53 Å². The van der Waals surface area contributed by atoms with Gasteiger partial charge in [0.15, 0.2) is 0 Å². The lowest BCUT2D eigenvalue weighted by Crippen LogP contribution is -2.49. The van der Waals surface area contributed by atoms with Crippen LogP contribution in [0.15, 0.2) is 18.2 Å². The number of nitrogens with one attached hydrogen (secondary N) is 1. The smallest absolute Gasteiger partial charge is 0.238 e. The number of ether oxygens (including phenoxy) is 1. The van der Waals surface area contributed by atoms with E-state index >= 15 is 0 Å². The first-order valence-electron chi connectivity index (χ1n) is 8.55. The summed E-state index contributed by atoms with van der Waals surface area (Å²) < 4.78 is 5.29. The second-order valence-electron chi connectivity index (χ2n) is 6.62. The second-order valence-corrected chi connectivity index (χ2v) is 7.05. The van der Waals surface area contributed by atoms with Gasteiger partial charge in [-0.3, -0.25) is 9.69 Å². The van der Waals surface area contributed by atoms with Crippen molar-refractivity contribution in [3.63, 3.8) is 0 Å². The number of likely N-dealkylation sites (tertiary alicyclic amines) is 1. The Kier molecular flexibility index (Phi) is 5.44. The van der Waals surface area contributed by atoms with Crippen LogP contribution < -0.4 is 10.1 Å². The fourth-order valence-corrected chi connectivity index (χ4v) is 4.25. The maximum Gasteiger partial charge on any atom is 0.238 e. The molecule has 1 aromatic rings. The minimum atomic E-state index is 0.0109. The second kappa shape index (κ2) is 7.54. The highest BCUT2D eigenvalue weighted by molar-refractivity contribution is 6.31. The molecule has 1 aliphatic carbocycles. The van der Waals surface area contributed by atoms with Crippen LogP contribution >= 0.6 is 11.6 Å². The summed E-state index contributed by atoms with van der Waals surface area (Å²) in [5, 5.41) is 3.54. The number of anilines is 1. The van der Waals surface area contributed by atoms with Crippen LogP contribution in [0.25, 0.3) is 0 Å². The first-order valence-corrected chi connectivity index (χ1v) is 8.92. The number of rotatable bonds is 4. The molecular weight excluding hydrogens is 312 g/mol. The molecule has 2 unspecified atom stereocenters. The van der Waals surface area contributed by atoms with E-state index in [0.717, 1.165) is 12.5 Å². The van der Waals surface area contributed by atoms with E-state index in [1.165, 1.54) is 38.5 Å². The summed E-state index contributed by atoms with van der Waals surface area (Å²) in [7, 11) is 1.59. The summed E-state index contributed by atoms with van der Waals surface area (Å²) >= 11 is 6.02. The lowest BCUT2D eigenvalue weighted by Gasteiger charge is -2.43. The SMILES string of the molecule is COc1ccc(Cl)cc1NC(=O)CN1CCCC2CCCCC21. The molecule has 1 heterocycles. The molecule has 1 aromatic carbocycles. The Bertz CT molecular complexity index is 562. The van der Waals surface area contributed by atoms with E-state index in [0.29, 0.717) is 29.0 Å². The maximum atomic E-state index is 12.5. The van der Waals surface area contributed by atoms with Gasteiger partial charge in [0.25, 0.3) is 0 Å². The van der Waals surface area contributed by atoms with E-state index in [9.17, 15) is 4.79 Å². The van der Waals surface area contributed by atoms with Crippen LogP contribution in [0.2, 0.25) is 5.02 Å². The summed E-state index contributed by atoms with van der Waals surface area (Å²) in [5.74, 6) is 1.43. The topological polar surface area (TPSA) is 41.6 Å². The van der Waals surface area contributed by atoms with Gasteiger partial charge < -0.3 is 10.1 Å². The van der Waals surface area contributed by atoms with Crippen LogP contribution in [0.1, 0.15) is 38.5 Å². The summed E-state index contributed by atoms with van der Waals surface area (Å²) in [6, 6.07) is 5.85. The van der Waals surface area contributed by atoms with Crippen molar-refractivity contribution in [1.82, 2.24) is 4.90 Å². The monoisotopic (exact) mass is 336 g/mol. The lowest BCUT2D eigenvalue weighted by molar-refractivity contribution is -0.118. The Morgan fingerprint density at radius 1 is 1.30 bits per heavy atom. The average Bonchev–Trinajstić information content (AvgIpc) is 2.55. The predicted octanol–water partition coefficient (Wildman–Crippen LogP) is 3.94. The number of amides is 1. The minimum absolute atomic E-state index is 0.0109. The van der Waals surface area contributed by atoms with Crippen molar-refractivity contribution >= 4 is 23.2 Å². The third-order valence-corrected chi connectivity index (χ3v) is 5.38. The Morgan fingerprint density at radius 2 is 2.09 bits per heavy atom. The minimum Gasteiger partial charge on any atom is -0.495 e. The molecule has 0 bridgehead atoms. The van der Waals surface area contributed by atoms with Gasteiger partial charge in [0.05, 0.1) is 19.3 Å². The van der Waals surface area contributed by atoms with E-state index in [2.05, 4.69) is 10.2 Å². The number of nitrogens with zero attached hydrogens (tertiary/aromatic N) is 1. The Morgan fingerprint density at radius 3 is 2.91 bits per heavy atom. The van der Waals surface area contributed by atoms with E-state index in [1.54, 1.807) is 25.3 Å². The number of carbonyl (C=O) groups excluding carboxylic acids is 1. The molecule has 2 atom stereocenters. The highest BCUT2D eigenvalue weighted by atomic mass is 35.5. The third kappa shape index (κ3) is 3.99. The molecular formula is C18H25ClN2O2. The number of fused-ring (bicyclic) bond motifs is 1. The van der Waals surface area contributed by atoms with Gasteiger partial charge >= 0.3 is 0 Å². The van der Waals surface area contributed by atoms with Gasteiger partial charge in [0.2, 0.25) is 5.91 Å². The van der Waals surface area contributed by atoms with Crippen molar-refractivity contribution in [2.45, 2.75) is 44.6 Å². The Labute approximate surface area is 143 Å². The van der Waals surface area contributed by atoms with Gasteiger partial charge in [-0.05, 0) is 56.3 Å². The van der Waals surface area contributed by atoms with Gasteiger partial charge in [-0.25, -0.2) is 0 Å². The number of piperidine rings is 1. The molecule has 1 saturated carbocycles. The quantitative estimate of drug-likeness (QED) is 0.905. The number of carbonyl (C=O) groups is 1. The molecule has 0 spiro atoms. The van der Waals surface area contributed by atoms with Crippen molar-refractivity contribution in [2.24, 2.45) is 5.92 Å². The predicted molar refractivity (Wildman–Crippen MR) is 93.2 cm³/mol. The van der Waals surface area contributed by atoms with Crippen molar-refractivity contribution in [2.75, 3.05) is 25.5 Å². The van der Waals surface area contributed by atoms with Crippen molar-refractivity contribution in [1.29, 1.82) is 0 Å². The van der Waals surface area contributed by atoms with E-state index in [-0.39, 0.29) is 5.91 Å². The number of methoxy groups -OCH3 is 1. The molecule has 2 fully saturated rings. The van der Waals surface area contributed by atoms with Crippen molar-refractivity contribution in [3.8, 4) is 5.75 Å². The molecule has 3 rings (SSSR count). The highest BCUT2D eigenvalue weighted by Crippen LogP contribution is 2.35. The van der Waals surface area contributed by atoms with Crippen LogP contribution in [-0.4, -0.2) is 37.0 Å². The summed E-state index contributed by atoms with van der Waals surface area (Å²) in [6.07, 6.45) is 7.73. The lowest BCUT2D eigenvalue weighted by atomic mass is 9.78. The largest absolute Gasteiger partial charge is 0.495 e. The molecule has 126 valence electrons. The first kappa shape index (κ1) is 16.6. The molecule has 2 aliphatic rings. The Balaban J connectivity index is 1.64. The zero-order chi connectivity index (χ0) is 16.2. The van der Waals surface area contributed by atoms with E-state index in [1.807, 2.05) is 0 Å². The zero-order valence-electron chi connectivity index (χ0n) is 13.7. The highest BCUT2D eigenvalue weighted by Gasteiger charge is 2.33. The fraction of sp³-hybridized carbons (Fsp3) is 0.611. The van der Waals surface area contributed by atoms with Gasteiger partial charge in [0, 0.05) is 11.1 Å². The average molecular weight is 337 g/mol. The molecule has 5 heteroatoms. The number of benzene rings is 1. The maximum absolute atomic E-state index is 12.5. The summed E-state index contributed by atoms with van der Waals surface area (Å²) in [4.78, 5) is 14.9. The fourth-order valence-electron chi connectivity index (χ4n) is 4.08. The van der Waals surface area contributed by atoms with E-state index < -0.39 is 0 Å².